The highest BCUT2D eigenvalue weighted by Crippen LogP contribution is 2.45. The smallest absolute Gasteiger partial charge is 0.407 e. The third-order valence-electron chi connectivity index (χ3n) is 7.79. The molecule has 1 aromatic heterocycles. The molecule has 3 heterocycles. The van der Waals surface area contributed by atoms with E-state index >= 15 is 0 Å². The maximum atomic E-state index is 13.0. The third-order valence-corrected chi connectivity index (χ3v) is 7.79. The Balaban J connectivity index is 1.39. The van der Waals surface area contributed by atoms with Gasteiger partial charge < -0.3 is 19.5 Å². The number of benzene rings is 2. The molecule has 5 rings (SSSR count). The lowest BCUT2D eigenvalue weighted by Gasteiger charge is -2.48. The van der Waals surface area contributed by atoms with Crippen LogP contribution in [0.4, 0.5) is 10.7 Å². The quantitative estimate of drug-likeness (QED) is 0.382. The number of piperidine rings is 1. The van der Waals surface area contributed by atoms with Crippen LogP contribution in [0.25, 0.3) is 0 Å². The standard InChI is InChI=1S/C30H39N7O5/c1-17-7-8-18(2)20(11-17)22-15-37-10-9-19-12-26(41-16-27(38)32-28-33-35-36-34-28)25(40-6)13-21(19)24(37)14-23(22)31-29(39)42-30(3,4)5/h7-8,11-13,22-24H,9-10,14-16H2,1-6H3,(H,31,39)(H2,32,33,34,35,36,38). The van der Waals surface area contributed by atoms with Gasteiger partial charge in [0, 0.05) is 31.1 Å². The predicted octanol–water partition coefficient (Wildman–Crippen LogP) is 3.82. The predicted molar refractivity (Wildman–Crippen MR) is 156 cm³/mol. The van der Waals surface area contributed by atoms with Crippen LogP contribution in [0.1, 0.15) is 67.0 Å². The number of nitrogens with zero attached hydrogens (tertiary/aromatic N) is 4. The minimum Gasteiger partial charge on any atom is -0.493 e. The number of anilines is 1. The number of amides is 2. The fourth-order valence-electron chi connectivity index (χ4n) is 5.93. The Morgan fingerprint density at radius 2 is 1.93 bits per heavy atom. The number of alkyl carbamates (subject to hydrolysis) is 1. The Morgan fingerprint density at radius 1 is 1.12 bits per heavy atom. The first-order chi connectivity index (χ1) is 20.0. The number of aryl methyl sites for hydroxylation is 2. The van der Waals surface area contributed by atoms with E-state index in [4.69, 9.17) is 14.2 Å². The van der Waals surface area contributed by atoms with Crippen molar-refractivity contribution in [1.82, 2.24) is 30.8 Å². The van der Waals surface area contributed by atoms with Crippen molar-refractivity contribution in [3.05, 3.63) is 58.1 Å². The average molecular weight is 578 g/mol. The number of rotatable bonds is 7. The van der Waals surface area contributed by atoms with E-state index in [1.807, 2.05) is 32.9 Å². The van der Waals surface area contributed by atoms with Gasteiger partial charge in [-0.3, -0.25) is 15.0 Å². The molecule has 0 aliphatic carbocycles. The van der Waals surface area contributed by atoms with Gasteiger partial charge in [-0.15, -0.1) is 0 Å². The highest BCUT2D eigenvalue weighted by atomic mass is 16.6. The number of methoxy groups -OCH3 is 1. The zero-order chi connectivity index (χ0) is 30.0. The van der Waals surface area contributed by atoms with E-state index in [1.54, 1.807) is 7.11 Å². The number of aromatic nitrogens is 4. The van der Waals surface area contributed by atoms with Gasteiger partial charge in [0.15, 0.2) is 18.1 Å². The Bertz CT molecular complexity index is 1440. The molecule has 0 radical (unpaired) electrons. The van der Waals surface area contributed by atoms with Gasteiger partial charge in [-0.25, -0.2) is 9.89 Å². The van der Waals surface area contributed by atoms with E-state index in [0.29, 0.717) is 17.9 Å². The van der Waals surface area contributed by atoms with Crippen molar-refractivity contribution in [3.8, 4) is 11.5 Å². The molecule has 1 saturated heterocycles. The molecule has 3 N–H and O–H groups in total. The summed E-state index contributed by atoms with van der Waals surface area (Å²) in [5, 5.41) is 18.8. The van der Waals surface area contributed by atoms with Crippen molar-refractivity contribution in [2.24, 2.45) is 0 Å². The molecule has 3 atom stereocenters. The first-order valence-corrected chi connectivity index (χ1v) is 14.2. The molecule has 224 valence electrons. The topological polar surface area (TPSA) is 144 Å². The summed E-state index contributed by atoms with van der Waals surface area (Å²) in [6.07, 6.45) is 1.13. The molecule has 1 fully saturated rings. The number of carbonyl (C=O) groups is 2. The summed E-state index contributed by atoms with van der Waals surface area (Å²) in [5.41, 5.74) is 5.33. The molecule has 0 spiro atoms. The average Bonchev–Trinajstić information content (AvgIpc) is 3.44. The Morgan fingerprint density at radius 3 is 2.64 bits per heavy atom. The molecule has 2 amide bonds. The molecule has 3 aromatic rings. The van der Waals surface area contributed by atoms with Gasteiger partial charge in [0.1, 0.15) is 5.60 Å². The zero-order valence-electron chi connectivity index (χ0n) is 25.0. The summed E-state index contributed by atoms with van der Waals surface area (Å²) in [4.78, 5) is 27.8. The summed E-state index contributed by atoms with van der Waals surface area (Å²) in [5.74, 6) is 0.881. The van der Waals surface area contributed by atoms with Crippen LogP contribution in [0.15, 0.2) is 30.3 Å². The number of tetrazole rings is 1. The molecule has 3 unspecified atom stereocenters. The Kier molecular flexibility index (Phi) is 8.35. The van der Waals surface area contributed by atoms with Crippen LogP contribution >= 0.6 is 0 Å². The van der Waals surface area contributed by atoms with Crippen LogP contribution in [0.5, 0.6) is 11.5 Å². The maximum Gasteiger partial charge on any atom is 0.407 e. The molecular formula is C30H39N7O5. The van der Waals surface area contributed by atoms with Gasteiger partial charge in [0.05, 0.1) is 7.11 Å². The Hall–Kier alpha value is -4.19. The fourth-order valence-corrected chi connectivity index (χ4v) is 5.93. The molecule has 2 aromatic carbocycles. The van der Waals surface area contributed by atoms with E-state index in [9.17, 15) is 9.59 Å². The molecule has 0 saturated carbocycles. The van der Waals surface area contributed by atoms with Gasteiger partial charge >= 0.3 is 6.09 Å². The second-order valence-corrected chi connectivity index (χ2v) is 12.0. The summed E-state index contributed by atoms with van der Waals surface area (Å²) in [6.45, 7) is 11.3. The number of carbonyl (C=O) groups excluding carboxylic acids is 2. The van der Waals surface area contributed by atoms with Gasteiger partial charge in [-0.05, 0) is 92.3 Å². The van der Waals surface area contributed by atoms with Crippen LogP contribution in [0.3, 0.4) is 0 Å². The van der Waals surface area contributed by atoms with Crippen molar-refractivity contribution in [1.29, 1.82) is 0 Å². The van der Waals surface area contributed by atoms with Crippen molar-refractivity contribution in [3.63, 3.8) is 0 Å². The SMILES string of the molecule is COc1cc2c(cc1OCC(=O)Nc1nnn[nH]1)CCN1CC(c3cc(C)ccc3C)C(NC(=O)OC(C)(C)C)CC21. The Labute approximate surface area is 245 Å². The lowest BCUT2D eigenvalue weighted by Crippen LogP contribution is -2.53. The molecule has 2 aliphatic heterocycles. The molecule has 0 bridgehead atoms. The normalized spacial score (nSPS) is 20.2. The van der Waals surface area contributed by atoms with Gasteiger partial charge in [-0.1, -0.05) is 28.9 Å². The van der Waals surface area contributed by atoms with Crippen LogP contribution in [-0.4, -0.2) is 76.0 Å². The van der Waals surface area contributed by atoms with Crippen molar-refractivity contribution in [2.45, 2.75) is 71.1 Å². The summed E-state index contributed by atoms with van der Waals surface area (Å²) in [7, 11) is 1.58. The molecular weight excluding hydrogens is 538 g/mol. The summed E-state index contributed by atoms with van der Waals surface area (Å²) >= 11 is 0. The van der Waals surface area contributed by atoms with E-state index in [2.05, 4.69) is 68.2 Å². The largest absolute Gasteiger partial charge is 0.493 e. The minimum absolute atomic E-state index is 0.0697. The molecule has 12 heteroatoms. The van der Waals surface area contributed by atoms with E-state index < -0.39 is 17.6 Å². The van der Waals surface area contributed by atoms with Gasteiger partial charge in [-0.2, -0.15) is 0 Å². The monoisotopic (exact) mass is 577 g/mol. The second-order valence-electron chi connectivity index (χ2n) is 12.0. The second kappa shape index (κ2) is 12.0. The maximum absolute atomic E-state index is 13.0. The molecule has 2 aliphatic rings. The number of H-pyrrole nitrogens is 1. The van der Waals surface area contributed by atoms with E-state index in [1.165, 1.54) is 16.7 Å². The fraction of sp³-hybridized carbons (Fsp3) is 0.500. The number of hydrogen-bond acceptors (Lipinski definition) is 9. The number of fused-ring (bicyclic) bond motifs is 3. The van der Waals surface area contributed by atoms with Gasteiger partial charge in [0.25, 0.3) is 5.91 Å². The lowest BCUT2D eigenvalue weighted by atomic mass is 9.76. The van der Waals surface area contributed by atoms with E-state index in [0.717, 1.165) is 30.6 Å². The lowest BCUT2D eigenvalue weighted by molar-refractivity contribution is -0.118. The van der Waals surface area contributed by atoms with Crippen LogP contribution < -0.4 is 20.1 Å². The number of aromatic amines is 1. The highest BCUT2D eigenvalue weighted by Gasteiger charge is 2.41. The highest BCUT2D eigenvalue weighted by molar-refractivity contribution is 5.90. The summed E-state index contributed by atoms with van der Waals surface area (Å²) in [6, 6.07) is 10.4. The van der Waals surface area contributed by atoms with E-state index in [-0.39, 0.29) is 30.6 Å². The number of nitrogens with one attached hydrogen (secondary N) is 3. The van der Waals surface area contributed by atoms with Crippen molar-refractivity contribution >= 4 is 17.9 Å². The van der Waals surface area contributed by atoms with Crippen molar-refractivity contribution in [2.75, 3.05) is 32.1 Å². The minimum atomic E-state index is -0.594. The molecule has 12 nitrogen and oxygen atoms in total. The zero-order valence-corrected chi connectivity index (χ0v) is 25.0. The number of ether oxygens (including phenoxy) is 3. The third kappa shape index (κ3) is 6.64. The first kappa shape index (κ1) is 29.3. The molecule has 42 heavy (non-hydrogen) atoms. The first-order valence-electron chi connectivity index (χ1n) is 14.2. The van der Waals surface area contributed by atoms with Gasteiger partial charge in [0.2, 0.25) is 5.95 Å². The van der Waals surface area contributed by atoms with Crippen molar-refractivity contribution < 1.29 is 23.8 Å². The summed E-state index contributed by atoms with van der Waals surface area (Å²) < 4.78 is 17.2. The number of hydrogen-bond donors (Lipinski definition) is 3. The van der Waals surface area contributed by atoms with Crippen LogP contribution in [0, 0.1) is 13.8 Å². The van der Waals surface area contributed by atoms with Crippen LogP contribution in [-0.2, 0) is 16.0 Å². The van der Waals surface area contributed by atoms with Crippen LogP contribution in [0.2, 0.25) is 0 Å².